The number of hydrogen-bond donors (Lipinski definition) is 1. The molecule has 0 radical (unpaired) electrons. The molecule has 0 aliphatic carbocycles. The van der Waals surface area contributed by atoms with E-state index in [-0.39, 0.29) is 24.9 Å². The first-order valence-corrected chi connectivity index (χ1v) is 7.10. The summed E-state index contributed by atoms with van der Waals surface area (Å²) in [6.07, 6.45) is -2.69. The molecule has 0 unspecified atom stereocenters. The third-order valence-corrected chi connectivity index (χ3v) is 4.08. The van der Waals surface area contributed by atoms with Gasteiger partial charge >= 0.3 is 6.18 Å². The first-order chi connectivity index (χ1) is 9.80. The van der Waals surface area contributed by atoms with Crippen LogP contribution in [0.1, 0.15) is 19.3 Å². The number of hydrogen-bond acceptors (Lipinski definition) is 3. The van der Waals surface area contributed by atoms with Crippen LogP contribution >= 0.6 is 0 Å². The fourth-order valence-corrected chi connectivity index (χ4v) is 2.98. The highest BCUT2D eigenvalue weighted by Crippen LogP contribution is 2.26. The Labute approximate surface area is 121 Å². The maximum Gasteiger partial charge on any atom is 0.406 e. The number of likely N-dealkylation sites (N-methyl/N-ethyl adjacent to an activating group) is 1. The monoisotopic (exact) mass is 307 g/mol. The Kier molecular flexibility index (Phi) is 4.75. The Hall–Kier alpha value is -1.31. The van der Waals surface area contributed by atoms with Crippen molar-refractivity contribution in [3.05, 3.63) is 0 Å². The Morgan fingerprint density at radius 1 is 1.38 bits per heavy atom. The number of halogens is 3. The van der Waals surface area contributed by atoms with Gasteiger partial charge < -0.3 is 15.1 Å². The summed E-state index contributed by atoms with van der Waals surface area (Å²) in [4.78, 5) is 26.4. The van der Waals surface area contributed by atoms with E-state index in [1.807, 2.05) is 7.05 Å². The lowest BCUT2D eigenvalue weighted by atomic mass is 10.0. The van der Waals surface area contributed by atoms with Crippen LogP contribution in [0.5, 0.6) is 0 Å². The quantitative estimate of drug-likeness (QED) is 0.831. The second-order valence-electron chi connectivity index (χ2n) is 5.70. The van der Waals surface area contributed by atoms with Crippen LogP contribution in [0.15, 0.2) is 0 Å². The number of carbonyl (C=O) groups is 2. The van der Waals surface area contributed by atoms with E-state index in [0.717, 1.165) is 17.7 Å². The number of alkyl halides is 3. The number of carbonyl (C=O) groups excluding carboxylic acids is 2. The average molecular weight is 307 g/mol. The van der Waals surface area contributed by atoms with Gasteiger partial charge in [0.05, 0.1) is 5.92 Å². The molecule has 2 aliphatic heterocycles. The van der Waals surface area contributed by atoms with E-state index >= 15 is 0 Å². The van der Waals surface area contributed by atoms with Gasteiger partial charge in [-0.1, -0.05) is 0 Å². The molecular weight excluding hydrogens is 287 g/mol. The van der Waals surface area contributed by atoms with Crippen LogP contribution in [0.4, 0.5) is 13.2 Å². The zero-order chi connectivity index (χ0) is 15.6. The van der Waals surface area contributed by atoms with E-state index in [2.05, 4.69) is 5.32 Å². The standard InChI is InChI=1S/C13H20F3N3O2/c1-17-10-3-2-4-18(7-10)12(21)9-5-11(20)19(6-9)8-13(14,15)16/h9-10,17H,2-8H2,1H3/t9-,10+/m1/s1. The summed E-state index contributed by atoms with van der Waals surface area (Å²) in [6.45, 7) is -0.229. The van der Waals surface area contributed by atoms with Crippen LogP contribution < -0.4 is 5.32 Å². The summed E-state index contributed by atoms with van der Waals surface area (Å²) >= 11 is 0. The summed E-state index contributed by atoms with van der Waals surface area (Å²) in [5.74, 6) is -1.43. The molecule has 2 rings (SSSR count). The summed E-state index contributed by atoms with van der Waals surface area (Å²) < 4.78 is 37.1. The molecule has 1 N–H and O–H groups in total. The van der Waals surface area contributed by atoms with Crippen molar-refractivity contribution in [3.63, 3.8) is 0 Å². The van der Waals surface area contributed by atoms with Crippen molar-refractivity contribution in [1.29, 1.82) is 0 Å². The van der Waals surface area contributed by atoms with Crippen LogP contribution in [-0.4, -0.2) is 67.1 Å². The number of piperidine rings is 1. The van der Waals surface area contributed by atoms with Crippen LogP contribution in [0.3, 0.4) is 0 Å². The molecular formula is C13H20F3N3O2. The van der Waals surface area contributed by atoms with Crippen molar-refractivity contribution in [1.82, 2.24) is 15.1 Å². The van der Waals surface area contributed by atoms with Gasteiger partial charge in [0.1, 0.15) is 6.54 Å². The maximum atomic E-state index is 12.4. The van der Waals surface area contributed by atoms with Gasteiger partial charge in [-0.05, 0) is 19.9 Å². The average Bonchev–Trinajstić information content (AvgIpc) is 2.77. The normalized spacial score (nSPS) is 27.3. The molecule has 2 heterocycles. The highest BCUT2D eigenvalue weighted by atomic mass is 19.4. The lowest BCUT2D eigenvalue weighted by Crippen LogP contribution is -2.49. The minimum absolute atomic E-state index is 0.115. The number of rotatable bonds is 3. The molecule has 0 aromatic rings. The molecule has 2 atom stereocenters. The molecule has 5 nitrogen and oxygen atoms in total. The van der Waals surface area contributed by atoms with E-state index < -0.39 is 24.5 Å². The molecule has 0 spiro atoms. The van der Waals surface area contributed by atoms with Crippen LogP contribution in [0.2, 0.25) is 0 Å². The van der Waals surface area contributed by atoms with Gasteiger partial charge in [0.2, 0.25) is 11.8 Å². The second-order valence-corrected chi connectivity index (χ2v) is 5.70. The van der Waals surface area contributed by atoms with Gasteiger partial charge in [-0.25, -0.2) is 0 Å². The van der Waals surface area contributed by atoms with E-state index in [4.69, 9.17) is 0 Å². The van der Waals surface area contributed by atoms with Gasteiger partial charge in [-0.3, -0.25) is 9.59 Å². The molecule has 2 aliphatic rings. The second kappa shape index (κ2) is 6.21. The third kappa shape index (κ3) is 4.09. The largest absolute Gasteiger partial charge is 0.406 e. The minimum Gasteiger partial charge on any atom is -0.341 e. The number of nitrogens with one attached hydrogen (secondary N) is 1. The van der Waals surface area contributed by atoms with E-state index in [1.54, 1.807) is 4.90 Å². The lowest BCUT2D eigenvalue weighted by molar-refractivity contribution is -0.157. The molecule has 2 fully saturated rings. The molecule has 0 aromatic heterocycles. The Morgan fingerprint density at radius 2 is 2.10 bits per heavy atom. The SMILES string of the molecule is CN[C@H]1CCCN(C(=O)[C@@H]2CC(=O)N(CC(F)(F)F)C2)C1. The minimum atomic E-state index is -4.42. The van der Waals surface area contributed by atoms with Crippen LogP contribution in [-0.2, 0) is 9.59 Å². The summed E-state index contributed by atoms with van der Waals surface area (Å²) in [5.41, 5.74) is 0. The van der Waals surface area contributed by atoms with Crippen molar-refractivity contribution < 1.29 is 22.8 Å². The van der Waals surface area contributed by atoms with Crippen molar-refractivity contribution in [2.24, 2.45) is 5.92 Å². The first kappa shape index (κ1) is 16.1. The molecule has 8 heteroatoms. The fourth-order valence-electron chi connectivity index (χ4n) is 2.98. The predicted molar refractivity (Wildman–Crippen MR) is 69.4 cm³/mol. The van der Waals surface area contributed by atoms with Crippen molar-refractivity contribution in [2.75, 3.05) is 33.2 Å². The van der Waals surface area contributed by atoms with E-state index in [0.29, 0.717) is 13.1 Å². The molecule has 21 heavy (non-hydrogen) atoms. The number of likely N-dealkylation sites (tertiary alicyclic amines) is 2. The number of nitrogens with zero attached hydrogens (tertiary/aromatic N) is 2. The summed E-state index contributed by atoms with van der Waals surface area (Å²) in [5, 5.41) is 3.11. The van der Waals surface area contributed by atoms with Gasteiger partial charge in [0.25, 0.3) is 0 Å². The maximum absolute atomic E-state index is 12.4. The van der Waals surface area contributed by atoms with Crippen molar-refractivity contribution in [2.45, 2.75) is 31.5 Å². The topological polar surface area (TPSA) is 52.7 Å². The van der Waals surface area contributed by atoms with Gasteiger partial charge in [-0.15, -0.1) is 0 Å². The van der Waals surface area contributed by atoms with Gasteiger partial charge in [-0.2, -0.15) is 13.2 Å². The van der Waals surface area contributed by atoms with Crippen LogP contribution in [0.25, 0.3) is 0 Å². The summed E-state index contributed by atoms with van der Waals surface area (Å²) in [7, 11) is 1.82. The van der Waals surface area contributed by atoms with Gasteiger partial charge in [0, 0.05) is 32.1 Å². The molecule has 0 saturated carbocycles. The molecule has 2 amide bonds. The van der Waals surface area contributed by atoms with E-state index in [1.165, 1.54) is 0 Å². The van der Waals surface area contributed by atoms with E-state index in [9.17, 15) is 22.8 Å². The molecule has 0 bridgehead atoms. The third-order valence-electron chi connectivity index (χ3n) is 4.08. The molecule has 120 valence electrons. The highest BCUT2D eigenvalue weighted by Gasteiger charge is 2.42. The zero-order valence-electron chi connectivity index (χ0n) is 11.9. The van der Waals surface area contributed by atoms with Crippen LogP contribution in [0, 0.1) is 5.92 Å². The van der Waals surface area contributed by atoms with Crippen molar-refractivity contribution >= 4 is 11.8 Å². The Morgan fingerprint density at radius 3 is 2.71 bits per heavy atom. The summed E-state index contributed by atoms with van der Waals surface area (Å²) in [6, 6.07) is 0.214. The first-order valence-electron chi connectivity index (χ1n) is 7.10. The smallest absolute Gasteiger partial charge is 0.341 e. The lowest BCUT2D eigenvalue weighted by Gasteiger charge is -2.34. The molecule has 0 aromatic carbocycles. The van der Waals surface area contributed by atoms with Crippen molar-refractivity contribution in [3.8, 4) is 0 Å². The highest BCUT2D eigenvalue weighted by molar-refractivity contribution is 5.89. The fraction of sp³-hybridized carbons (Fsp3) is 0.846. The van der Waals surface area contributed by atoms with Gasteiger partial charge in [0.15, 0.2) is 0 Å². The Balaban J connectivity index is 1.93. The predicted octanol–water partition coefficient (Wildman–Crippen LogP) is 0.608. The molecule has 2 saturated heterocycles. The Bertz CT molecular complexity index is 414. The number of amides is 2. The zero-order valence-corrected chi connectivity index (χ0v) is 11.9.